The zero-order chi connectivity index (χ0) is 11.4. The number of carbonyl (C=O) groups is 1. The van der Waals surface area contributed by atoms with Gasteiger partial charge < -0.3 is 10.1 Å². The van der Waals surface area contributed by atoms with Crippen LogP contribution in [-0.2, 0) is 11.2 Å². The molecule has 0 saturated carbocycles. The molecule has 0 unspecified atom stereocenters. The largest absolute Gasteiger partial charge is 0.450 e. The first-order valence-corrected chi connectivity index (χ1v) is 5.82. The van der Waals surface area contributed by atoms with E-state index in [-0.39, 0.29) is 12.1 Å². The van der Waals surface area contributed by atoms with Gasteiger partial charge >= 0.3 is 6.09 Å². The van der Waals surface area contributed by atoms with Crippen molar-refractivity contribution in [1.82, 2.24) is 5.32 Å². The van der Waals surface area contributed by atoms with Crippen molar-refractivity contribution < 1.29 is 9.53 Å². The van der Waals surface area contributed by atoms with E-state index >= 15 is 0 Å². The highest BCUT2D eigenvalue weighted by molar-refractivity contribution is 5.68. The second-order valence-electron chi connectivity index (χ2n) is 4.01. The molecule has 1 aromatic rings. The molecule has 0 heterocycles. The minimum atomic E-state index is -0.316. The van der Waals surface area contributed by atoms with E-state index in [4.69, 9.17) is 4.74 Å². The zero-order valence-electron chi connectivity index (χ0n) is 9.53. The molecule has 16 heavy (non-hydrogen) atoms. The Morgan fingerprint density at radius 3 is 3.12 bits per heavy atom. The maximum atomic E-state index is 11.4. The molecule has 1 amide bonds. The first-order chi connectivity index (χ1) is 7.81. The fraction of sp³-hybridized carbons (Fsp3) is 0.462. The van der Waals surface area contributed by atoms with E-state index < -0.39 is 0 Å². The average Bonchev–Trinajstić information content (AvgIpc) is 2.30. The number of aryl methyl sites for hydroxylation is 1. The number of alkyl carbamates (subject to hydrolysis) is 1. The molecule has 0 spiro atoms. The fourth-order valence-electron chi connectivity index (χ4n) is 2.22. The van der Waals surface area contributed by atoms with E-state index in [1.165, 1.54) is 11.1 Å². The van der Waals surface area contributed by atoms with Gasteiger partial charge in [0.2, 0.25) is 0 Å². The third-order valence-electron chi connectivity index (χ3n) is 2.94. The fourth-order valence-corrected chi connectivity index (χ4v) is 2.22. The summed E-state index contributed by atoms with van der Waals surface area (Å²) >= 11 is 0. The third kappa shape index (κ3) is 2.35. The second kappa shape index (κ2) is 5.01. The van der Waals surface area contributed by atoms with Crippen LogP contribution in [-0.4, -0.2) is 12.7 Å². The van der Waals surface area contributed by atoms with Gasteiger partial charge in [-0.05, 0) is 37.3 Å². The summed E-state index contributed by atoms with van der Waals surface area (Å²) < 4.78 is 4.91. The lowest BCUT2D eigenvalue weighted by Gasteiger charge is -2.25. The van der Waals surface area contributed by atoms with Crippen molar-refractivity contribution in [1.29, 1.82) is 0 Å². The first-order valence-electron chi connectivity index (χ1n) is 5.82. The Morgan fingerprint density at radius 1 is 1.50 bits per heavy atom. The maximum Gasteiger partial charge on any atom is 0.407 e. The van der Waals surface area contributed by atoms with Crippen LogP contribution in [0.2, 0.25) is 0 Å². The highest BCUT2D eigenvalue weighted by atomic mass is 16.5. The van der Waals surface area contributed by atoms with Crippen molar-refractivity contribution in [3.8, 4) is 0 Å². The highest BCUT2D eigenvalue weighted by Crippen LogP contribution is 2.29. The molecule has 0 radical (unpaired) electrons. The van der Waals surface area contributed by atoms with E-state index in [0.717, 1.165) is 19.3 Å². The molecule has 1 aromatic carbocycles. The van der Waals surface area contributed by atoms with Gasteiger partial charge in [-0.15, -0.1) is 0 Å². The third-order valence-corrected chi connectivity index (χ3v) is 2.94. The number of benzene rings is 1. The average molecular weight is 219 g/mol. The lowest BCUT2D eigenvalue weighted by Crippen LogP contribution is -2.31. The predicted octanol–water partition coefficient (Wildman–Crippen LogP) is 2.81. The van der Waals surface area contributed by atoms with Gasteiger partial charge in [0.05, 0.1) is 12.6 Å². The molecule has 3 heteroatoms. The number of nitrogens with one attached hydrogen (secondary N) is 1. The highest BCUT2D eigenvalue weighted by Gasteiger charge is 2.21. The minimum absolute atomic E-state index is 0.115. The standard InChI is InChI=1S/C13H17NO2/c1-2-16-13(15)14-12-9-5-7-10-6-3-4-8-11(10)12/h3-4,6,8,12H,2,5,7,9H2,1H3,(H,14,15)/t12-/m1/s1. The second-order valence-corrected chi connectivity index (χ2v) is 4.01. The number of rotatable bonds is 2. The van der Waals surface area contributed by atoms with E-state index in [1.807, 2.05) is 19.1 Å². The summed E-state index contributed by atoms with van der Waals surface area (Å²) in [6.45, 7) is 2.23. The molecule has 0 aliphatic heterocycles. The van der Waals surface area contributed by atoms with Gasteiger partial charge in [-0.25, -0.2) is 4.79 Å². The molecule has 1 atom stereocenters. The summed E-state index contributed by atoms with van der Waals surface area (Å²) in [7, 11) is 0. The summed E-state index contributed by atoms with van der Waals surface area (Å²) in [4.78, 5) is 11.4. The molecule has 2 rings (SSSR count). The Hall–Kier alpha value is -1.51. The monoisotopic (exact) mass is 219 g/mol. The summed E-state index contributed by atoms with van der Waals surface area (Å²) in [6.07, 6.45) is 2.91. The lowest BCUT2D eigenvalue weighted by atomic mass is 9.88. The number of ether oxygens (including phenoxy) is 1. The molecule has 0 aromatic heterocycles. The molecule has 3 nitrogen and oxygen atoms in total. The SMILES string of the molecule is CCOC(=O)N[C@@H]1CCCc2ccccc21. The maximum absolute atomic E-state index is 11.4. The van der Waals surface area contributed by atoms with Gasteiger partial charge in [-0.2, -0.15) is 0 Å². The van der Waals surface area contributed by atoms with Crippen LogP contribution in [0.1, 0.15) is 36.9 Å². The molecular formula is C13H17NO2. The zero-order valence-corrected chi connectivity index (χ0v) is 9.53. The quantitative estimate of drug-likeness (QED) is 0.830. The van der Waals surface area contributed by atoms with E-state index in [9.17, 15) is 4.79 Å². The van der Waals surface area contributed by atoms with Gasteiger partial charge in [-0.1, -0.05) is 24.3 Å². The molecule has 0 bridgehead atoms. The van der Waals surface area contributed by atoms with Gasteiger partial charge in [0.25, 0.3) is 0 Å². The molecule has 0 saturated heterocycles. The van der Waals surface area contributed by atoms with Crippen LogP contribution in [0.15, 0.2) is 24.3 Å². The van der Waals surface area contributed by atoms with Crippen molar-refractivity contribution in [2.45, 2.75) is 32.2 Å². The Kier molecular flexibility index (Phi) is 3.44. The molecular weight excluding hydrogens is 202 g/mol. The van der Waals surface area contributed by atoms with Crippen LogP contribution >= 0.6 is 0 Å². The molecule has 1 aliphatic carbocycles. The van der Waals surface area contributed by atoms with Crippen LogP contribution in [0.3, 0.4) is 0 Å². The van der Waals surface area contributed by atoms with Crippen molar-refractivity contribution in [3.05, 3.63) is 35.4 Å². The van der Waals surface area contributed by atoms with Crippen LogP contribution < -0.4 is 5.32 Å². The summed E-state index contributed by atoms with van der Waals surface area (Å²) in [5.74, 6) is 0. The molecule has 0 fully saturated rings. The van der Waals surface area contributed by atoms with Crippen LogP contribution in [0.25, 0.3) is 0 Å². The number of carbonyl (C=O) groups excluding carboxylic acids is 1. The topological polar surface area (TPSA) is 38.3 Å². The van der Waals surface area contributed by atoms with Gasteiger partial charge in [0.1, 0.15) is 0 Å². The van der Waals surface area contributed by atoms with Crippen molar-refractivity contribution in [2.75, 3.05) is 6.61 Å². The smallest absolute Gasteiger partial charge is 0.407 e. The molecule has 1 aliphatic rings. The predicted molar refractivity (Wildman–Crippen MR) is 62.3 cm³/mol. The van der Waals surface area contributed by atoms with E-state index in [1.54, 1.807) is 0 Å². The number of amides is 1. The Labute approximate surface area is 95.8 Å². The first kappa shape index (κ1) is 11.0. The molecule has 86 valence electrons. The number of hydrogen-bond acceptors (Lipinski definition) is 2. The van der Waals surface area contributed by atoms with Gasteiger partial charge in [0.15, 0.2) is 0 Å². The van der Waals surface area contributed by atoms with Crippen molar-refractivity contribution in [3.63, 3.8) is 0 Å². The summed E-state index contributed by atoms with van der Waals surface area (Å²) in [5, 5.41) is 2.91. The van der Waals surface area contributed by atoms with E-state index in [0.29, 0.717) is 6.61 Å². The normalized spacial score (nSPS) is 18.7. The van der Waals surface area contributed by atoms with Gasteiger partial charge in [-0.3, -0.25) is 0 Å². The summed E-state index contributed by atoms with van der Waals surface area (Å²) in [6, 6.07) is 8.40. The summed E-state index contributed by atoms with van der Waals surface area (Å²) in [5.41, 5.74) is 2.58. The van der Waals surface area contributed by atoms with Crippen molar-refractivity contribution >= 4 is 6.09 Å². The minimum Gasteiger partial charge on any atom is -0.450 e. The number of hydrogen-bond donors (Lipinski definition) is 1. The van der Waals surface area contributed by atoms with Crippen molar-refractivity contribution in [2.24, 2.45) is 0 Å². The lowest BCUT2D eigenvalue weighted by molar-refractivity contribution is 0.147. The van der Waals surface area contributed by atoms with Crippen LogP contribution in [0, 0.1) is 0 Å². The van der Waals surface area contributed by atoms with E-state index in [2.05, 4.69) is 17.4 Å². The Morgan fingerprint density at radius 2 is 2.31 bits per heavy atom. The Balaban J connectivity index is 2.10. The van der Waals surface area contributed by atoms with Gasteiger partial charge in [0, 0.05) is 0 Å². The van der Waals surface area contributed by atoms with Crippen LogP contribution in [0.5, 0.6) is 0 Å². The number of fused-ring (bicyclic) bond motifs is 1. The van der Waals surface area contributed by atoms with Crippen LogP contribution in [0.4, 0.5) is 4.79 Å². The Bertz CT molecular complexity index is 376. The molecule has 1 N–H and O–H groups in total.